The van der Waals surface area contributed by atoms with Gasteiger partial charge in [-0.15, -0.1) is 0 Å². The zero-order chi connectivity index (χ0) is 15.9. The molecule has 2 aromatic carbocycles. The molecule has 0 atom stereocenters. The Hall–Kier alpha value is -2.89. The first kappa shape index (κ1) is 15.5. The average molecular weight is 301 g/mol. The molecule has 6 nitrogen and oxygen atoms in total. The van der Waals surface area contributed by atoms with Crippen molar-refractivity contribution >= 4 is 11.7 Å². The lowest BCUT2D eigenvalue weighted by Crippen LogP contribution is -2.04. The van der Waals surface area contributed by atoms with Gasteiger partial charge in [-0.05, 0) is 23.3 Å². The average Bonchev–Trinajstić information content (AvgIpc) is 2.54. The summed E-state index contributed by atoms with van der Waals surface area (Å²) in [5.74, 6) is 0.324. The van der Waals surface area contributed by atoms with Gasteiger partial charge in [-0.1, -0.05) is 24.3 Å². The van der Waals surface area contributed by atoms with Crippen LogP contribution in [0.4, 0.5) is 5.69 Å². The Morgan fingerprint density at radius 3 is 2.50 bits per heavy atom. The first-order valence-electron chi connectivity index (χ1n) is 6.60. The van der Waals surface area contributed by atoms with Crippen LogP contribution in [0.3, 0.4) is 0 Å². The molecular weight excluding hydrogens is 286 g/mol. The SMILES string of the molecule is COC(=O)Cc1ccc(OCc2cccc([N+](=O)[O-])c2)cc1. The molecule has 0 bridgehead atoms. The zero-order valence-corrected chi connectivity index (χ0v) is 12.0. The molecule has 0 aromatic heterocycles. The Labute approximate surface area is 127 Å². The lowest BCUT2D eigenvalue weighted by atomic mass is 10.1. The third-order valence-corrected chi connectivity index (χ3v) is 3.03. The van der Waals surface area contributed by atoms with Crippen molar-refractivity contribution in [2.75, 3.05) is 7.11 Å². The van der Waals surface area contributed by atoms with Crippen LogP contribution in [0.15, 0.2) is 48.5 Å². The molecule has 0 saturated carbocycles. The van der Waals surface area contributed by atoms with Crippen molar-refractivity contribution in [1.29, 1.82) is 0 Å². The number of esters is 1. The maximum atomic E-state index is 11.2. The van der Waals surface area contributed by atoms with Gasteiger partial charge >= 0.3 is 5.97 Å². The van der Waals surface area contributed by atoms with Crippen LogP contribution in [-0.2, 0) is 22.6 Å². The van der Waals surface area contributed by atoms with E-state index in [1.54, 1.807) is 36.4 Å². The molecule has 0 heterocycles. The number of hydrogen-bond acceptors (Lipinski definition) is 5. The van der Waals surface area contributed by atoms with Crippen LogP contribution in [0.5, 0.6) is 5.75 Å². The highest BCUT2D eigenvalue weighted by Crippen LogP contribution is 2.17. The number of methoxy groups -OCH3 is 1. The molecule has 114 valence electrons. The normalized spacial score (nSPS) is 10.0. The van der Waals surface area contributed by atoms with Crippen molar-refractivity contribution in [2.45, 2.75) is 13.0 Å². The van der Waals surface area contributed by atoms with Crippen LogP contribution >= 0.6 is 0 Å². The van der Waals surface area contributed by atoms with Crippen molar-refractivity contribution in [2.24, 2.45) is 0 Å². The Balaban J connectivity index is 1.95. The van der Waals surface area contributed by atoms with Crippen LogP contribution < -0.4 is 4.74 Å². The van der Waals surface area contributed by atoms with E-state index in [4.69, 9.17) is 4.74 Å². The fraction of sp³-hybridized carbons (Fsp3) is 0.188. The number of carbonyl (C=O) groups excluding carboxylic acids is 1. The second-order valence-corrected chi connectivity index (χ2v) is 4.61. The molecule has 0 aliphatic carbocycles. The number of nitro benzene ring substituents is 1. The minimum atomic E-state index is -0.439. The zero-order valence-electron chi connectivity index (χ0n) is 12.0. The monoisotopic (exact) mass is 301 g/mol. The molecule has 0 N–H and O–H groups in total. The predicted octanol–water partition coefficient (Wildman–Crippen LogP) is 2.89. The molecule has 22 heavy (non-hydrogen) atoms. The molecule has 0 unspecified atom stereocenters. The summed E-state index contributed by atoms with van der Waals surface area (Å²) < 4.78 is 10.2. The molecular formula is C16H15NO5. The number of hydrogen-bond donors (Lipinski definition) is 0. The molecule has 0 aliphatic heterocycles. The highest BCUT2D eigenvalue weighted by Gasteiger charge is 2.06. The Morgan fingerprint density at radius 2 is 1.86 bits per heavy atom. The van der Waals surface area contributed by atoms with Crippen LogP contribution in [0.2, 0.25) is 0 Å². The standard InChI is InChI=1S/C16H15NO5/c1-21-16(18)10-12-5-7-15(8-6-12)22-11-13-3-2-4-14(9-13)17(19)20/h2-9H,10-11H2,1H3. The molecule has 0 spiro atoms. The topological polar surface area (TPSA) is 78.7 Å². The van der Waals surface area contributed by atoms with E-state index < -0.39 is 4.92 Å². The first-order chi connectivity index (χ1) is 10.6. The van der Waals surface area contributed by atoms with Gasteiger partial charge in [0.1, 0.15) is 12.4 Å². The van der Waals surface area contributed by atoms with Crippen molar-refractivity contribution in [3.8, 4) is 5.75 Å². The van der Waals surface area contributed by atoms with Gasteiger partial charge in [0.05, 0.1) is 18.5 Å². The van der Waals surface area contributed by atoms with Gasteiger partial charge in [0.2, 0.25) is 0 Å². The minimum Gasteiger partial charge on any atom is -0.489 e. The van der Waals surface area contributed by atoms with Gasteiger partial charge in [-0.3, -0.25) is 14.9 Å². The van der Waals surface area contributed by atoms with Crippen molar-refractivity contribution < 1.29 is 19.2 Å². The number of nitrogens with zero attached hydrogens (tertiary/aromatic N) is 1. The quantitative estimate of drug-likeness (QED) is 0.465. The number of rotatable bonds is 6. The number of ether oxygens (including phenoxy) is 2. The van der Waals surface area contributed by atoms with Crippen molar-refractivity contribution in [1.82, 2.24) is 0 Å². The van der Waals surface area contributed by atoms with Crippen LogP contribution in [-0.4, -0.2) is 18.0 Å². The summed E-state index contributed by atoms with van der Waals surface area (Å²) in [5, 5.41) is 10.7. The number of non-ortho nitro benzene ring substituents is 1. The maximum Gasteiger partial charge on any atom is 0.309 e. The largest absolute Gasteiger partial charge is 0.489 e. The number of carbonyl (C=O) groups is 1. The van der Waals surface area contributed by atoms with E-state index in [0.29, 0.717) is 11.3 Å². The highest BCUT2D eigenvalue weighted by molar-refractivity contribution is 5.72. The molecule has 0 amide bonds. The number of benzene rings is 2. The third-order valence-electron chi connectivity index (χ3n) is 3.03. The summed E-state index contributed by atoms with van der Waals surface area (Å²) in [4.78, 5) is 21.4. The minimum absolute atomic E-state index is 0.0366. The second kappa shape index (κ2) is 7.21. The third kappa shape index (κ3) is 4.31. The van der Waals surface area contributed by atoms with E-state index >= 15 is 0 Å². The molecule has 6 heteroatoms. The van der Waals surface area contributed by atoms with Gasteiger partial charge in [-0.2, -0.15) is 0 Å². The lowest BCUT2D eigenvalue weighted by molar-refractivity contribution is -0.384. The number of nitro groups is 1. The molecule has 0 radical (unpaired) electrons. The van der Waals surface area contributed by atoms with E-state index in [2.05, 4.69) is 4.74 Å². The summed E-state index contributed by atoms with van der Waals surface area (Å²) >= 11 is 0. The molecule has 0 fully saturated rings. The predicted molar refractivity (Wildman–Crippen MR) is 79.6 cm³/mol. The van der Waals surface area contributed by atoms with Crippen LogP contribution in [0.1, 0.15) is 11.1 Å². The molecule has 2 rings (SSSR count). The van der Waals surface area contributed by atoms with E-state index in [-0.39, 0.29) is 24.7 Å². The van der Waals surface area contributed by atoms with Gasteiger partial charge in [-0.25, -0.2) is 0 Å². The summed E-state index contributed by atoms with van der Waals surface area (Å²) in [6, 6.07) is 13.3. The van der Waals surface area contributed by atoms with Crippen molar-refractivity contribution in [3.05, 3.63) is 69.8 Å². The molecule has 0 aliphatic rings. The van der Waals surface area contributed by atoms with E-state index in [1.165, 1.54) is 19.2 Å². The Bertz CT molecular complexity index is 666. The maximum absolute atomic E-state index is 11.2. The first-order valence-corrected chi connectivity index (χ1v) is 6.60. The fourth-order valence-corrected chi connectivity index (χ4v) is 1.87. The summed E-state index contributed by atoms with van der Waals surface area (Å²) in [6.45, 7) is 0.234. The van der Waals surface area contributed by atoms with Gasteiger partial charge in [0.25, 0.3) is 5.69 Å². The summed E-state index contributed by atoms with van der Waals surface area (Å²) in [7, 11) is 1.35. The van der Waals surface area contributed by atoms with E-state index in [1.807, 2.05) is 0 Å². The second-order valence-electron chi connectivity index (χ2n) is 4.61. The lowest BCUT2D eigenvalue weighted by Gasteiger charge is -2.07. The van der Waals surface area contributed by atoms with Gasteiger partial charge in [0.15, 0.2) is 0 Å². The summed E-state index contributed by atoms with van der Waals surface area (Å²) in [5.41, 5.74) is 1.58. The van der Waals surface area contributed by atoms with Crippen molar-refractivity contribution in [3.63, 3.8) is 0 Å². The van der Waals surface area contributed by atoms with Gasteiger partial charge < -0.3 is 9.47 Å². The highest BCUT2D eigenvalue weighted by atomic mass is 16.6. The Kier molecular flexibility index (Phi) is 5.08. The van der Waals surface area contributed by atoms with Crippen LogP contribution in [0, 0.1) is 10.1 Å². The Morgan fingerprint density at radius 1 is 1.14 bits per heavy atom. The van der Waals surface area contributed by atoms with E-state index in [0.717, 1.165) is 5.56 Å². The molecule has 2 aromatic rings. The van der Waals surface area contributed by atoms with E-state index in [9.17, 15) is 14.9 Å². The molecule has 0 saturated heterocycles. The fourth-order valence-electron chi connectivity index (χ4n) is 1.87. The smallest absolute Gasteiger partial charge is 0.309 e. The van der Waals surface area contributed by atoms with Crippen LogP contribution in [0.25, 0.3) is 0 Å². The van der Waals surface area contributed by atoms with Gasteiger partial charge in [0, 0.05) is 12.1 Å². The summed E-state index contributed by atoms with van der Waals surface area (Å²) in [6.07, 6.45) is 0.210.